The number of likely N-dealkylation sites (tertiary alicyclic amines) is 1. The number of nitrogens with zero attached hydrogens (tertiary/aromatic N) is 3. The molecule has 1 atom stereocenters. The van der Waals surface area contributed by atoms with E-state index in [1.54, 1.807) is 18.2 Å². The van der Waals surface area contributed by atoms with Gasteiger partial charge in [-0.05, 0) is 24.6 Å². The fourth-order valence-electron chi connectivity index (χ4n) is 4.17. The molecule has 0 aliphatic carbocycles. The van der Waals surface area contributed by atoms with E-state index < -0.39 is 0 Å². The SMILES string of the molecule is C=CCN1C(=O)c2ccc(C(=O)N3CCC(N4CCNCC4)C3)cc2C1=O. The molecule has 0 bridgehead atoms. The minimum Gasteiger partial charge on any atom is -0.337 e. The van der Waals surface area contributed by atoms with Crippen molar-refractivity contribution in [3.05, 3.63) is 47.5 Å². The van der Waals surface area contributed by atoms with Crippen LogP contribution >= 0.6 is 0 Å². The summed E-state index contributed by atoms with van der Waals surface area (Å²) in [5, 5.41) is 3.35. The Bertz CT molecular complexity index is 800. The fourth-order valence-corrected chi connectivity index (χ4v) is 4.17. The molecule has 1 unspecified atom stereocenters. The van der Waals surface area contributed by atoms with Gasteiger partial charge in [0.1, 0.15) is 0 Å². The number of hydrogen-bond donors (Lipinski definition) is 1. The second kappa shape index (κ2) is 7.25. The van der Waals surface area contributed by atoms with Gasteiger partial charge in [-0.3, -0.25) is 24.2 Å². The molecule has 1 N–H and O–H groups in total. The van der Waals surface area contributed by atoms with Crippen molar-refractivity contribution in [3.63, 3.8) is 0 Å². The summed E-state index contributed by atoms with van der Waals surface area (Å²) in [7, 11) is 0. The van der Waals surface area contributed by atoms with E-state index in [0.29, 0.717) is 29.3 Å². The number of carbonyl (C=O) groups is 3. The molecule has 7 nitrogen and oxygen atoms in total. The highest BCUT2D eigenvalue weighted by atomic mass is 16.2. The van der Waals surface area contributed by atoms with E-state index in [4.69, 9.17) is 0 Å². The van der Waals surface area contributed by atoms with Crippen molar-refractivity contribution in [1.29, 1.82) is 0 Å². The van der Waals surface area contributed by atoms with Crippen molar-refractivity contribution in [2.24, 2.45) is 0 Å². The number of imide groups is 1. The first-order chi connectivity index (χ1) is 13.1. The summed E-state index contributed by atoms with van der Waals surface area (Å²) in [6.07, 6.45) is 2.50. The van der Waals surface area contributed by atoms with Crippen LogP contribution in [0.25, 0.3) is 0 Å². The van der Waals surface area contributed by atoms with Crippen molar-refractivity contribution in [2.45, 2.75) is 12.5 Å². The van der Waals surface area contributed by atoms with Gasteiger partial charge < -0.3 is 10.2 Å². The molecule has 2 fully saturated rings. The second-order valence-electron chi connectivity index (χ2n) is 7.25. The molecule has 142 valence electrons. The standard InChI is InChI=1S/C20H24N4O3/c1-2-8-24-19(26)16-4-3-14(12-17(16)20(24)27)18(25)23-9-5-15(13-23)22-10-6-21-7-11-22/h2-4,12,15,21H,1,5-11,13H2. The molecule has 1 aromatic carbocycles. The summed E-state index contributed by atoms with van der Waals surface area (Å²) in [5.41, 5.74) is 1.14. The Morgan fingerprint density at radius 3 is 2.63 bits per heavy atom. The highest BCUT2D eigenvalue weighted by Crippen LogP contribution is 2.25. The van der Waals surface area contributed by atoms with Gasteiger partial charge in [0.25, 0.3) is 17.7 Å². The molecule has 0 spiro atoms. The van der Waals surface area contributed by atoms with Gasteiger partial charge in [0, 0.05) is 57.4 Å². The quantitative estimate of drug-likeness (QED) is 0.622. The van der Waals surface area contributed by atoms with Crippen LogP contribution in [0, 0.1) is 0 Å². The zero-order valence-corrected chi connectivity index (χ0v) is 15.3. The van der Waals surface area contributed by atoms with E-state index in [9.17, 15) is 14.4 Å². The highest BCUT2D eigenvalue weighted by molar-refractivity contribution is 6.22. The molecular formula is C20H24N4O3. The lowest BCUT2D eigenvalue weighted by atomic mass is 10.0. The number of nitrogens with one attached hydrogen (secondary N) is 1. The fraction of sp³-hybridized carbons (Fsp3) is 0.450. The molecule has 27 heavy (non-hydrogen) atoms. The Hall–Kier alpha value is -2.51. The average Bonchev–Trinajstić information content (AvgIpc) is 3.28. The van der Waals surface area contributed by atoms with Crippen molar-refractivity contribution in [1.82, 2.24) is 20.0 Å². The summed E-state index contributed by atoms with van der Waals surface area (Å²) in [5.74, 6) is -0.753. The van der Waals surface area contributed by atoms with Gasteiger partial charge in [0.05, 0.1) is 11.1 Å². The molecule has 1 aromatic rings. The summed E-state index contributed by atoms with van der Waals surface area (Å²) in [4.78, 5) is 43.2. The number of rotatable bonds is 4. The Morgan fingerprint density at radius 2 is 1.89 bits per heavy atom. The van der Waals surface area contributed by atoms with Crippen LogP contribution in [-0.2, 0) is 0 Å². The molecule has 2 saturated heterocycles. The van der Waals surface area contributed by atoms with Crippen LogP contribution in [0.2, 0.25) is 0 Å². The zero-order chi connectivity index (χ0) is 19.0. The van der Waals surface area contributed by atoms with E-state index >= 15 is 0 Å². The van der Waals surface area contributed by atoms with Gasteiger partial charge in [-0.1, -0.05) is 6.08 Å². The third-order valence-electron chi connectivity index (χ3n) is 5.65. The van der Waals surface area contributed by atoms with E-state index in [0.717, 1.165) is 44.0 Å². The molecule has 3 amide bonds. The normalized spacial score (nSPS) is 23.0. The number of piperazine rings is 1. The topological polar surface area (TPSA) is 73.0 Å². The van der Waals surface area contributed by atoms with Crippen LogP contribution in [0.1, 0.15) is 37.5 Å². The van der Waals surface area contributed by atoms with Crippen LogP contribution in [0.15, 0.2) is 30.9 Å². The van der Waals surface area contributed by atoms with E-state index in [-0.39, 0.29) is 24.3 Å². The highest BCUT2D eigenvalue weighted by Gasteiger charge is 2.36. The summed E-state index contributed by atoms with van der Waals surface area (Å²) in [6, 6.07) is 5.22. The molecule has 0 saturated carbocycles. The van der Waals surface area contributed by atoms with Crippen molar-refractivity contribution in [3.8, 4) is 0 Å². The van der Waals surface area contributed by atoms with Gasteiger partial charge in [0.15, 0.2) is 0 Å². The maximum absolute atomic E-state index is 12.9. The van der Waals surface area contributed by atoms with Crippen LogP contribution in [-0.4, -0.2) is 84.3 Å². The third kappa shape index (κ3) is 3.17. The molecule has 3 aliphatic rings. The predicted octanol–water partition coefficient (Wildman–Crippen LogP) is 0.588. The zero-order valence-electron chi connectivity index (χ0n) is 15.3. The Labute approximate surface area is 158 Å². The van der Waals surface area contributed by atoms with Crippen LogP contribution in [0.3, 0.4) is 0 Å². The molecule has 0 radical (unpaired) electrons. The third-order valence-corrected chi connectivity index (χ3v) is 5.65. The molecule has 3 aliphatic heterocycles. The number of fused-ring (bicyclic) bond motifs is 1. The first-order valence-electron chi connectivity index (χ1n) is 9.45. The Morgan fingerprint density at radius 1 is 1.15 bits per heavy atom. The van der Waals surface area contributed by atoms with Gasteiger partial charge in [-0.15, -0.1) is 6.58 Å². The molecule has 3 heterocycles. The lowest BCUT2D eigenvalue weighted by molar-refractivity contribution is 0.0671. The maximum atomic E-state index is 12.9. The minimum atomic E-state index is -0.357. The summed E-state index contributed by atoms with van der Waals surface area (Å²) in [6.45, 7) is 9.21. The number of hydrogen-bond acceptors (Lipinski definition) is 5. The van der Waals surface area contributed by atoms with Gasteiger partial charge in [0.2, 0.25) is 0 Å². The Kier molecular flexibility index (Phi) is 4.80. The first kappa shape index (κ1) is 17.9. The predicted molar refractivity (Wildman–Crippen MR) is 101 cm³/mol. The van der Waals surface area contributed by atoms with Gasteiger partial charge >= 0.3 is 0 Å². The first-order valence-corrected chi connectivity index (χ1v) is 9.45. The van der Waals surface area contributed by atoms with Crippen molar-refractivity contribution >= 4 is 17.7 Å². The van der Waals surface area contributed by atoms with Crippen LogP contribution in [0.5, 0.6) is 0 Å². The summed E-state index contributed by atoms with van der Waals surface area (Å²) >= 11 is 0. The maximum Gasteiger partial charge on any atom is 0.261 e. The average molecular weight is 368 g/mol. The number of carbonyl (C=O) groups excluding carboxylic acids is 3. The second-order valence-corrected chi connectivity index (χ2v) is 7.25. The van der Waals surface area contributed by atoms with Crippen molar-refractivity contribution in [2.75, 3.05) is 45.8 Å². The molecule has 0 aromatic heterocycles. The number of benzene rings is 1. The molecule has 4 rings (SSSR count). The van der Waals surface area contributed by atoms with E-state index in [2.05, 4.69) is 16.8 Å². The van der Waals surface area contributed by atoms with E-state index in [1.165, 1.54) is 6.08 Å². The smallest absolute Gasteiger partial charge is 0.261 e. The molecule has 7 heteroatoms. The van der Waals surface area contributed by atoms with Crippen molar-refractivity contribution < 1.29 is 14.4 Å². The summed E-state index contributed by atoms with van der Waals surface area (Å²) < 4.78 is 0. The van der Waals surface area contributed by atoms with Crippen LogP contribution < -0.4 is 5.32 Å². The Balaban J connectivity index is 1.49. The number of amides is 3. The van der Waals surface area contributed by atoms with Gasteiger partial charge in [-0.25, -0.2) is 0 Å². The van der Waals surface area contributed by atoms with Crippen LogP contribution in [0.4, 0.5) is 0 Å². The minimum absolute atomic E-state index is 0.0714. The lowest BCUT2D eigenvalue weighted by Crippen LogP contribution is -2.49. The van der Waals surface area contributed by atoms with E-state index in [1.807, 2.05) is 4.90 Å². The largest absolute Gasteiger partial charge is 0.337 e. The monoisotopic (exact) mass is 368 g/mol. The lowest BCUT2D eigenvalue weighted by Gasteiger charge is -2.32. The molecular weight excluding hydrogens is 344 g/mol. The van der Waals surface area contributed by atoms with Gasteiger partial charge in [-0.2, -0.15) is 0 Å².